The molecular formula is C19H20N4O6. The van der Waals surface area contributed by atoms with Crippen molar-refractivity contribution in [2.75, 3.05) is 0 Å². The van der Waals surface area contributed by atoms with Crippen LogP contribution in [0.5, 0.6) is 0 Å². The van der Waals surface area contributed by atoms with E-state index in [2.05, 4.69) is 15.1 Å². The fourth-order valence-corrected chi connectivity index (χ4v) is 2.83. The molecule has 0 saturated carbocycles. The van der Waals surface area contributed by atoms with E-state index < -0.39 is 35.8 Å². The van der Waals surface area contributed by atoms with E-state index >= 15 is 0 Å². The largest absolute Gasteiger partial charge is 0.480 e. The Morgan fingerprint density at radius 3 is 2.69 bits per heavy atom. The summed E-state index contributed by atoms with van der Waals surface area (Å²) in [5.41, 5.74) is 9.89. The molecule has 1 unspecified atom stereocenters. The van der Waals surface area contributed by atoms with Gasteiger partial charge < -0.3 is 25.7 Å². The number of carboxylic acid groups (broad SMARTS) is 1. The van der Waals surface area contributed by atoms with Crippen molar-refractivity contribution in [2.24, 2.45) is 0 Å². The Morgan fingerprint density at radius 1 is 1.31 bits per heavy atom. The standard InChI is InChI=1S/C19H20N4O6/c1-11(24)29-17(8-12-9-21-15-5-3-2-4-14(12)15)18(26)23-16(19(27)28)7-6-13(25)10-22-20/h2-5,9-10,16-17,21H,6-8H2,1H3,(H,23,26)(H,27,28)/t16-,17?/m0/s1. The minimum Gasteiger partial charge on any atom is -0.480 e. The molecule has 1 aromatic heterocycles. The number of nitrogens with one attached hydrogen (secondary N) is 2. The van der Waals surface area contributed by atoms with Crippen molar-refractivity contribution in [3.8, 4) is 0 Å². The Bertz CT molecular complexity index is 976. The molecule has 0 fully saturated rings. The molecule has 10 heteroatoms. The molecule has 152 valence electrons. The number of Topliss-reactive ketones (excluding diaryl/α,β-unsaturated/α-hetero) is 1. The second-order valence-electron chi connectivity index (χ2n) is 6.31. The van der Waals surface area contributed by atoms with E-state index in [0.29, 0.717) is 6.21 Å². The minimum absolute atomic E-state index is 0.0396. The van der Waals surface area contributed by atoms with Crippen LogP contribution < -0.4 is 5.32 Å². The third-order valence-electron chi connectivity index (χ3n) is 4.18. The van der Waals surface area contributed by atoms with Gasteiger partial charge in [0.05, 0.1) is 0 Å². The summed E-state index contributed by atoms with van der Waals surface area (Å²) in [6.07, 6.45) is 0.671. The zero-order valence-corrected chi connectivity index (χ0v) is 15.6. The predicted octanol–water partition coefficient (Wildman–Crippen LogP) is 0.861. The van der Waals surface area contributed by atoms with Gasteiger partial charge in [0.25, 0.3) is 5.91 Å². The molecule has 1 aromatic carbocycles. The number of carboxylic acids is 1. The topological polar surface area (TPSA) is 162 Å². The number of rotatable bonds is 10. The first-order valence-electron chi connectivity index (χ1n) is 8.77. The maximum atomic E-state index is 12.6. The summed E-state index contributed by atoms with van der Waals surface area (Å²) < 4.78 is 5.10. The smallest absolute Gasteiger partial charge is 0.326 e. The summed E-state index contributed by atoms with van der Waals surface area (Å²) in [4.78, 5) is 52.5. The number of esters is 1. The lowest BCUT2D eigenvalue weighted by atomic mass is 10.0. The summed E-state index contributed by atoms with van der Waals surface area (Å²) in [5.74, 6) is -3.42. The number of ketones is 1. The van der Waals surface area contributed by atoms with E-state index in [-0.39, 0.29) is 19.3 Å². The molecular weight excluding hydrogens is 380 g/mol. The maximum absolute atomic E-state index is 12.6. The van der Waals surface area contributed by atoms with E-state index in [4.69, 9.17) is 10.3 Å². The quantitative estimate of drug-likeness (QED) is 0.232. The maximum Gasteiger partial charge on any atom is 0.326 e. The molecule has 1 amide bonds. The highest BCUT2D eigenvalue weighted by molar-refractivity contribution is 6.25. The summed E-state index contributed by atoms with van der Waals surface area (Å²) in [6.45, 7) is 1.15. The van der Waals surface area contributed by atoms with Crippen LogP contribution in [0.3, 0.4) is 0 Å². The second-order valence-corrected chi connectivity index (χ2v) is 6.31. The van der Waals surface area contributed by atoms with Gasteiger partial charge in [-0.2, -0.15) is 4.79 Å². The van der Waals surface area contributed by atoms with Gasteiger partial charge in [-0.25, -0.2) is 4.79 Å². The number of hydrogen-bond acceptors (Lipinski definition) is 5. The number of nitrogens with zero attached hydrogens (tertiary/aromatic N) is 2. The molecule has 2 atom stereocenters. The molecule has 29 heavy (non-hydrogen) atoms. The molecule has 0 bridgehead atoms. The fourth-order valence-electron chi connectivity index (χ4n) is 2.83. The molecule has 1 heterocycles. The van der Waals surface area contributed by atoms with Crippen molar-refractivity contribution >= 4 is 40.7 Å². The van der Waals surface area contributed by atoms with Crippen LogP contribution in [-0.2, 0) is 30.3 Å². The number of fused-ring (bicyclic) bond motifs is 1. The molecule has 0 aliphatic carbocycles. The monoisotopic (exact) mass is 400 g/mol. The van der Waals surface area contributed by atoms with Crippen LogP contribution in [0.4, 0.5) is 0 Å². The predicted molar refractivity (Wildman–Crippen MR) is 101 cm³/mol. The van der Waals surface area contributed by atoms with Crippen LogP contribution in [0.25, 0.3) is 16.4 Å². The SMILES string of the molecule is CC(=O)OC(Cc1c[nH]c2ccccc12)C(=O)N[C@@H](CCC(=O)C=[N+]=[N-])C(=O)O. The molecule has 3 N–H and O–H groups in total. The van der Waals surface area contributed by atoms with Crippen molar-refractivity contribution in [1.82, 2.24) is 10.3 Å². The van der Waals surface area contributed by atoms with Crippen molar-refractivity contribution in [1.29, 1.82) is 0 Å². The van der Waals surface area contributed by atoms with Crippen LogP contribution in [0.15, 0.2) is 30.5 Å². The fraction of sp³-hybridized carbons (Fsp3) is 0.316. The van der Waals surface area contributed by atoms with E-state index in [1.54, 1.807) is 6.20 Å². The summed E-state index contributed by atoms with van der Waals surface area (Å²) >= 11 is 0. The average molecular weight is 400 g/mol. The number of H-pyrrole nitrogens is 1. The lowest BCUT2D eigenvalue weighted by Gasteiger charge is -2.20. The summed E-state index contributed by atoms with van der Waals surface area (Å²) in [5, 5.41) is 12.4. The van der Waals surface area contributed by atoms with E-state index in [0.717, 1.165) is 23.4 Å². The number of ether oxygens (including phenoxy) is 1. The van der Waals surface area contributed by atoms with Crippen LogP contribution in [0, 0.1) is 0 Å². The number of benzene rings is 1. The van der Waals surface area contributed by atoms with Crippen molar-refractivity contribution in [3.63, 3.8) is 0 Å². The highest BCUT2D eigenvalue weighted by Crippen LogP contribution is 2.20. The van der Waals surface area contributed by atoms with Crippen LogP contribution in [0.1, 0.15) is 25.3 Å². The second kappa shape index (κ2) is 9.95. The zero-order chi connectivity index (χ0) is 21.4. The molecule has 0 radical (unpaired) electrons. The van der Waals surface area contributed by atoms with Gasteiger partial charge in [0.15, 0.2) is 6.10 Å². The van der Waals surface area contributed by atoms with Gasteiger partial charge in [0.1, 0.15) is 6.04 Å². The number of aromatic nitrogens is 1. The summed E-state index contributed by atoms with van der Waals surface area (Å²) in [7, 11) is 0. The molecule has 2 aromatic rings. The zero-order valence-electron chi connectivity index (χ0n) is 15.6. The third-order valence-corrected chi connectivity index (χ3v) is 4.18. The van der Waals surface area contributed by atoms with Gasteiger partial charge >= 0.3 is 18.2 Å². The number of carbonyl (C=O) groups is 4. The molecule has 10 nitrogen and oxygen atoms in total. The molecule has 0 saturated heterocycles. The number of carbonyl (C=O) groups excluding carboxylic acids is 3. The van der Waals surface area contributed by atoms with Gasteiger partial charge in [0.2, 0.25) is 5.78 Å². The van der Waals surface area contributed by atoms with Gasteiger partial charge in [0, 0.05) is 36.9 Å². The lowest BCUT2D eigenvalue weighted by Crippen LogP contribution is -2.47. The highest BCUT2D eigenvalue weighted by Gasteiger charge is 2.28. The van der Waals surface area contributed by atoms with Gasteiger partial charge in [-0.1, -0.05) is 18.2 Å². The summed E-state index contributed by atoms with van der Waals surface area (Å²) in [6, 6.07) is 6.00. The molecule has 0 aliphatic heterocycles. The number of amides is 1. The first kappa shape index (κ1) is 21.5. The van der Waals surface area contributed by atoms with Crippen LogP contribution >= 0.6 is 0 Å². The number of hydrogen-bond donors (Lipinski definition) is 3. The Hall–Kier alpha value is -3.78. The van der Waals surface area contributed by atoms with E-state index in [1.165, 1.54) is 0 Å². The Kier molecular flexibility index (Phi) is 7.39. The Labute approximate surface area is 165 Å². The molecule has 0 aliphatic rings. The van der Waals surface area contributed by atoms with Gasteiger partial charge in [-0.3, -0.25) is 14.4 Å². The first-order valence-corrected chi connectivity index (χ1v) is 8.77. The van der Waals surface area contributed by atoms with E-state index in [9.17, 15) is 24.3 Å². The van der Waals surface area contributed by atoms with Gasteiger partial charge in [-0.05, 0) is 18.1 Å². The van der Waals surface area contributed by atoms with Gasteiger partial charge in [-0.15, -0.1) is 0 Å². The van der Waals surface area contributed by atoms with Crippen molar-refractivity contribution < 1.29 is 33.8 Å². The lowest BCUT2D eigenvalue weighted by molar-refractivity contribution is -0.155. The minimum atomic E-state index is -1.38. The normalized spacial score (nSPS) is 12.4. The Morgan fingerprint density at radius 2 is 2.03 bits per heavy atom. The average Bonchev–Trinajstić information content (AvgIpc) is 3.07. The van der Waals surface area contributed by atoms with Crippen LogP contribution in [-0.4, -0.2) is 56.9 Å². The highest BCUT2D eigenvalue weighted by atomic mass is 16.5. The van der Waals surface area contributed by atoms with Crippen LogP contribution in [0.2, 0.25) is 0 Å². The number of para-hydroxylation sites is 1. The molecule has 0 spiro atoms. The number of aromatic amines is 1. The molecule has 2 rings (SSSR count). The third kappa shape index (κ3) is 6.12. The Balaban J connectivity index is 2.14. The first-order chi connectivity index (χ1) is 13.8. The number of aliphatic carboxylic acids is 1. The van der Waals surface area contributed by atoms with E-state index in [1.807, 2.05) is 24.3 Å². The van der Waals surface area contributed by atoms with Crippen molar-refractivity contribution in [2.45, 2.75) is 38.3 Å². The van der Waals surface area contributed by atoms with Crippen molar-refractivity contribution in [3.05, 3.63) is 41.6 Å².